The molecule has 0 radical (unpaired) electrons. The summed E-state index contributed by atoms with van der Waals surface area (Å²) in [4.78, 5) is 29.3. The molecular formula is C26H24F3N3O5. The van der Waals surface area contributed by atoms with Crippen molar-refractivity contribution < 1.29 is 37.3 Å². The number of carbonyl (C=O) groups is 2. The van der Waals surface area contributed by atoms with E-state index in [0.29, 0.717) is 31.4 Å². The number of hydrogen-bond acceptors (Lipinski definition) is 6. The fraction of sp³-hybridized carbons (Fsp3) is 0.269. The van der Waals surface area contributed by atoms with Crippen LogP contribution in [0.15, 0.2) is 48.7 Å². The molecule has 1 fully saturated rings. The molecule has 1 aliphatic rings. The number of phenols is 1. The number of rotatable bonds is 7. The van der Waals surface area contributed by atoms with Crippen LogP contribution < -0.4 is 20.1 Å². The van der Waals surface area contributed by atoms with Crippen molar-refractivity contribution in [2.45, 2.75) is 37.8 Å². The number of aromatic nitrogens is 1. The minimum Gasteiger partial charge on any atom is -0.507 e. The lowest BCUT2D eigenvalue weighted by Crippen LogP contribution is -2.43. The monoisotopic (exact) mass is 515 g/mol. The van der Waals surface area contributed by atoms with E-state index in [4.69, 9.17) is 9.47 Å². The van der Waals surface area contributed by atoms with Crippen LogP contribution in [0.25, 0.3) is 0 Å². The van der Waals surface area contributed by atoms with Crippen molar-refractivity contribution in [1.29, 1.82) is 0 Å². The molecule has 1 aliphatic carbocycles. The summed E-state index contributed by atoms with van der Waals surface area (Å²) in [5.74, 6) is -4.14. The second-order valence-corrected chi connectivity index (χ2v) is 8.56. The first-order valence-electron chi connectivity index (χ1n) is 11.5. The maximum absolute atomic E-state index is 13.9. The minimum atomic E-state index is -1.14. The Morgan fingerprint density at radius 3 is 2.11 bits per heavy atom. The van der Waals surface area contributed by atoms with Crippen molar-refractivity contribution in [2.24, 2.45) is 0 Å². The number of carbonyl (C=O) groups excluding carboxylic acids is 2. The summed E-state index contributed by atoms with van der Waals surface area (Å²) in [6.07, 6.45) is 3.02. The third-order valence-corrected chi connectivity index (χ3v) is 6.01. The zero-order valence-corrected chi connectivity index (χ0v) is 19.8. The molecule has 0 aliphatic heterocycles. The maximum atomic E-state index is 13.9. The predicted molar refractivity (Wildman–Crippen MR) is 126 cm³/mol. The van der Waals surface area contributed by atoms with Gasteiger partial charge in [0.05, 0.1) is 18.9 Å². The Bertz CT molecular complexity index is 1310. The number of ether oxygens (including phenoxy) is 2. The second kappa shape index (κ2) is 11.2. The Hall–Kier alpha value is -4.28. The van der Waals surface area contributed by atoms with Gasteiger partial charge in [0, 0.05) is 18.2 Å². The van der Waals surface area contributed by atoms with Crippen molar-refractivity contribution in [3.63, 3.8) is 0 Å². The zero-order chi connectivity index (χ0) is 26.5. The smallest absolute Gasteiger partial charge is 0.257 e. The molecular weight excluding hydrogens is 491 g/mol. The normalized spacial score (nSPS) is 17.1. The number of pyridine rings is 1. The second-order valence-electron chi connectivity index (χ2n) is 8.56. The van der Waals surface area contributed by atoms with Gasteiger partial charge in [-0.3, -0.25) is 9.59 Å². The van der Waals surface area contributed by atoms with Gasteiger partial charge in [-0.05, 0) is 62.1 Å². The first kappa shape index (κ1) is 25.8. The van der Waals surface area contributed by atoms with E-state index in [0.717, 1.165) is 30.5 Å². The largest absolute Gasteiger partial charge is 0.507 e. The summed E-state index contributed by atoms with van der Waals surface area (Å²) in [7, 11) is 1.46. The van der Waals surface area contributed by atoms with Crippen molar-refractivity contribution >= 4 is 11.8 Å². The molecule has 2 amide bonds. The third-order valence-electron chi connectivity index (χ3n) is 6.01. The Kier molecular flexibility index (Phi) is 7.80. The summed E-state index contributed by atoms with van der Waals surface area (Å²) in [6, 6.07) is 7.71. The number of hydrogen-bond donors (Lipinski definition) is 3. The molecule has 3 N–H and O–H groups in total. The summed E-state index contributed by atoms with van der Waals surface area (Å²) in [5.41, 5.74) is -0.101. The number of nitrogens with one attached hydrogen (secondary N) is 2. The highest BCUT2D eigenvalue weighted by Gasteiger charge is 2.26. The van der Waals surface area contributed by atoms with E-state index in [1.165, 1.54) is 19.2 Å². The van der Waals surface area contributed by atoms with E-state index in [9.17, 15) is 27.9 Å². The molecule has 37 heavy (non-hydrogen) atoms. The molecule has 0 bridgehead atoms. The third kappa shape index (κ3) is 6.29. The van der Waals surface area contributed by atoms with Crippen LogP contribution in [-0.4, -0.2) is 41.1 Å². The fourth-order valence-corrected chi connectivity index (χ4v) is 4.06. The standard InChI is InChI=1S/C26H24F3N3O5/c1-36-17-7-9-23(33)19(11-17)24(34)31-15-2-4-16(5-3-15)32-25(35)20-10-14(27)13-30-26(20)37-18-6-8-21(28)22(29)12-18/h6-13,15-16,33H,2-5H2,1H3,(H,31,34)(H,32,35). The molecule has 4 rings (SSSR count). The zero-order valence-electron chi connectivity index (χ0n) is 19.8. The van der Waals surface area contributed by atoms with E-state index in [2.05, 4.69) is 15.6 Å². The number of aromatic hydroxyl groups is 1. The molecule has 194 valence electrons. The van der Waals surface area contributed by atoms with Crippen LogP contribution in [0.5, 0.6) is 23.1 Å². The lowest BCUT2D eigenvalue weighted by molar-refractivity contribution is 0.0888. The van der Waals surface area contributed by atoms with Gasteiger partial charge in [0.15, 0.2) is 11.6 Å². The molecule has 1 saturated carbocycles. The number of phenolic OH excluding ortho intramolecular Hbond substituents is 1. The van der Waals surface area contributed by atoms with E-state index >= 15 is 0 Å². The van der Waals surface area contributed by atoms with Gasteiger partial charge >= 0.3 is 0 Å². The Labute approximate surface area is 210 Å². The van der Waals surface area contributed by atoms with Crippen LogP contribution in [0.3, 0.4) is 0 Å². The molecule has 2 aromatic carbocycles. The van der Waals surface area contributed by atoms with Gasteiger partial charge in [-0.25, -0.2) is 18.2 Å². The number of benzene rings is 2. The fourth-order valence-electron chi connectivity index (χ4n) is 4.06. The number of methoxy groups -OCH3 is 1. The van der Waals surface area contributed by atoms with Crippen LogP contribution in [-0.2, 0) is 0 Å². The highest BCUT2D eigenvalue weighted by atomic mass is 19.2. The number of amides is 2. The number of nitrogens with zero attached hydrogens (tertiary/aromatic N) is 1. The minimum absolute atomic E-state index is 0.0990. The van der Waals surface area contributed by atoms with Gasteiger partial charge in [-0.15, -0.1) is 0 Å². The van der Waals surface area contributed by atoms with Crippen molar-refractivity contribution in [3.05, 3.63) is 77.2 Å². The Morgan fingerprint density at radius 2 is 1.49 bits per heavy atom. The van der Waals surface area contributed by atoms with Crippen molar-refractivity contribution in [3.8, 4) is 23.1 Å². The van der Waals surface area contributed by atoms with Crippen LogP contribution in [0.1, 0.15) is 46.4 Å². The molecule has 0 unspecified atom stereocenters. The lowest BCUT2D eigenvalue weighted by atomic mass is 9.90. The van der Waals surface area contributed by atoms with Crippen LogP contribution in [0, 0.1) is 17.5 Å². The summed E-state index contributed by atoms with van der Waals surface area (Å²) in [6.45, 7) is 0. The van der Waals surface area contributed by atoms with Crippen LogP contribution >= 0.6 is 0 Å². The summed E-state index contributed by atoms with van der Waals surface area (Å²) < 4.78 is 51.1. The average molecular weight is 515 g/mol. The molecule has 11 heteroatoms. The van der Waals surface area contributed by atoms with Crippen LogP contribution in [0.4, 0.5) is 13.2 Å². The van der Waals surface area contributed by atoms with Gasteiger partial charge in [0.2, 0.25) is 5.88 Å². The molecule has 3 aromatic rings. The van der Waals surface area contributed by atoms with E-state index in [1.807, 2.05) is 0 Å². The van der Waals surface area contributed by atoms with Crippen molar-refractivity contribution in [2.75, 3.05) is 7.11 Å². The SMILES string of the molecule is COc1ccc(O)c(C(=O)NC2CCC(NC(=O)c3cc(F)cnc3Oc3ccc(F)c(F)c3)CC2)c1. The molecule has 1 heterocycles. The van der Waals surface area contributed by atoms with Gasteiger partial charge < -0.3 is 25.2 Å². The Morgan fingerprint density at radius 1 is 0.865 bits per heavy atom. The highest BCUT2D eigenvalue weighted by molar-refractivity contribution is 5.97. The van der Waals surface area contributed by atoms with Gasteiger partial charge in [-0.2, -0.15) is 0 Å². The van der Waals surface area contributed by atoms with E-state index in [1.54, 1.807) is 6.07 Å². The van der Waals surface area contributed by atoms with Gasteiger partial charge in [-0.1, -0.05) is 0 Å². The topological polar surface area (TPSA) is 110 Å². The van der Waals surface area contributed by atoms with Gasteiger partial charge in [0.25, 0.3) is 11.8 Å². The van der Waals surface area contributed by atoms with Gasteiger partial charge in [0.1, 0.15) is 28.6 Å². The van der Waals surface area contributed by atoms with Crippen LogP contribution in [0.2, 0.25) is 0 Å². The maximum Gasteiger partial charge on any atom is 0.257 e. The quantitative estimate of drug-likeness (QED) is 0.428. The van der Waals surface area contributed by atoms with Crippen molar-refractivity contribution in [1.82, 2.24) is 15.6 Å². The molecule has 0 spiro atoms. The van der Waals surface area contributed by atoms with E-state index < -0.39 is 29.3 Å². The molecule has 1 aromatic heterocycles. The Balaban J connectivity index is 1.36. The van der Waals surface area contributed by atoms with E-state index in [-0.39, 0.29) is 40.6 Å². The molecule has 8 nitrogen and oxygen atoms in total. The molecule has 0 atom stereocenters. The first-order chi connectivity index (χ1) is 17.7. The summed E-state index contributed by atoms with van der Waals surface area (Å²) >= 11 is 0. The highest BCUT2D eigenvalue weighted by Crippen LogP contribution is 2.27. The first-order valence-corrected chi connectivity index (χ1v) is 11.5. The predicted octanol–water partition coefficient (Wildman–Crippen LogP) is 4.48. The summed E-state index contributed by atoms with van der Waals surface area (Å²) in [5, 5.41) is 15.7. The lowest BCUT2D eigenvalue weighted by Gasteiger charge is -2.30. The molecule has 0 saturated heterocycles. The average Bonchev–Trinajstić information content (AvgIpc) is 2.88. The number of halogens is 3.